The minimum Gasteiger partial charge on any atom is -0.378 e. The molecule has 1 aromatic carbocycles. The van der Waals surface area contributed by atoms with E-state index in [1.807, 2.05) is 4.90 Å². The summed E-state index contributed by atoms with van der Waals surface area (Å²) in [6, 6.07) is 2.93. The summed E-state index contributed by atoms with van der Waals surface area (Å²) in [5.41, 5.74) is -0.132. The van der Waals surface area contributed by atoms with Crippen LogP contribution in [0.15, 0.2) is 18.2 Å². The first kappa shape index (κ1) is 19.6. The molecular formula is C20H25FN4O4. The van der Waals surface area contributed by atoms with Crippen LogP contribution in [0, 0.1) is 5.82 Å². The summed E-state index contributed by atoms with van der Waals surface area (Å²) in [5, 5.41) is 5.38. The summed E-state index contributed by atoms with van der Waals surface area (Å²) in [7, 11) is 0. The fraction of sp³-hybridized carbons (Fsp3) is 0.550. The highest BCUT2D eigenvalue weighted by molar-refractivity contribution is 6.11. The second kappa shape index (κ2) is 7.62. The number of nitrogens with zero attached hydrogens (tertiary/aromatic N) is 2. The van der Waals surface area contributed by atoms with E-state index in [-0.39, 0.29) is 11.6 Å². The van der Waals surface area contributed by atoms with Crippen molar-refractivity contribution in [2.24, 2.45) is 0 Å². The van der Waals surface area contributed by atoms with Crippen molar-refractivity contribution in [3.05, 3.63) is 24.0 Å². The number of carbonyl (C=O) groups is 3. The van der Waals surface area contributed by atoms with Crippen LogP contribution in [0.1, 0.15) is 32.6 Å². The molecule has 1 saturated carbocycles. The van der Waals surface area contributed by atoms with Crippen LogP contribution in [0.3, 0.4) is 0 Å². The third-order valence-electron chi connectivity index (χ3n) is 5.98. The van der Waals surface area contributed by atoms with Gasteiger partial charge in [0.2, 0.25) is 5.91 Å². The Labute approximate surface area is 168 Å². The van der Waals surface area contributed by atoms with Crippen LogP contribution >= 0.6 is 0 Å². The Balaban J connectivity index is 1.44. The van der Waals surface area contributed by atoms with Crippen LogP contribution in [-0.2, 0) is 14.3 Å². The zero-order chi connectivity index (χ0) is 20.6. The molecule has 0 bridgehead atoms. The number of hydrogen-bond acceptors (Lipinski definition) is 5. The fourth-order valence-electron chi connectivity index (χ4n) is 4.32. The van der Waals surface area contributed by atoms with Crippen LogP contribution < -0.4 is 15.5 Å². The number of imide groups is 1. The van der Waals surface area contributed by atoms with Gasteiger partial charge in [-0.1, -0.05) is 12.8 Å². The van der Waals surface area contributed by atoms with Crippen molar-refractivity contribution in [2.45, 2.75) is 44.2 Å². The first-order chi connectivity index (χ1) is 13.9. The van der Waals surface area contributed by atoms with E-state index in [9.17, 15) is 18.8 Å². The van der Waals surface area contributed by atoms with E-state index in [0.29, 0.717) is 44.8 Å². The first-order valence-electron chi connectivity index (χ1n) is 10.0. The van der Waals surface area contributed by atoms with Gasteiger partial charge in [-0.15, -0.1) is 0 Å². The Bertz CT molecular complexity index is 834. The third kappa shape index (κ3) is 3.55. The number of rotatable bonds is 4. The molecule has 0 aromatic heterocycles. The van der Waals surface area contributed by atoms with Gasteiger partial charge in [-0.2, -0.15) is 0 Å². The SMILES string of the molecule is CC(C(=O)Nc1ccc(N2CCOCC2)c(F)c1)N1C(=O)NC2(CCCC2)C1=O. The van der Waals surface area contributed by atoms with E-state index in [4.69, 9.17) is 4.74 Å². The summed E-state index contributed by atoms with van der Waals surface area (Å²) >= 11 is 0. The monoisotopic (exact) mass is 404 g/mol. The van der Waals surface area contributed by atoms with Crippen molar-refractivity contribution >= 4 is 29.2 Å². The molecule has 156 valence electrons. The van der Waals surface area contributed by atoms with Crippen LogP contribution in [0.2, 0.25) is 0 Å². The zero-order valence-corrected chi connectivity index (χ0v) is 16.4. The van der Waals surface area contributed by atoms with Crippen molar-refractivity contribution in [1.29, 1.82) is 0 Å². The molecule has 4 amide bonds. The topological polar surface area (TPSA) is 91.0 Å². The Morgan fingerprint density at radius 3 is 2.59 bits per heavy atom. The second-order valence-corrected chi connectivity index (χ2v) is 7.83. The molecule has 0 radical (unpaired) electrons. The van der Waals surface area contributed by atoms with E-state index in [1.165, 1.54) is 13.0 Å². The predicted molar refractivity (Wildman–Crippen MR) is 104 cm³/mol. The van der Waals surface area contributed by atoms with Crippen molar-refractivity contribution in [1.82, 2.24) is 10.2 Å². The summed E-state index contributed by atoms with van der Waals surface area (Å²) in [6.45, 7) is 3.80. The highest BCUT2D eigenvalue weighted by atomic mass is 19.1. The molecular weight excluding hydrogens is 379 g/mol. The van der Waals surface area contributed by atoms with E-state index in [1.54, 1.807) is 12.1 Å². The summed E-state index contributed by atoms with van der Waals surface area (Å²) in [6.07, 6.45) is 2.93. The van der Waals surface area contributed by atoms with Gasteiger partial charge in [-0.25, -0.2) is 14.1 Å². The smallest absolute Gasteiger partial charge is 0.325 e. The Kier molecular flexibility index (Phi) is 5.16. The summed E-state index contributed by atoms with van der Waals surface area (Å²) < 4.78 is 19.8. The minimum absolute atomic E-state index is 0.277. The van der Waals surface area contributed by atoms with Crippen LogP contribution in [0.25, 0.3) is 0 Å². The van der Waals surface area contributed by atoms with Gasteiger partial charge in [-0.3, -0.25) is 9.59 Å². The molecule has 1 aliphatic carbocycles. The maximum absolute atomic E-state index is 14.5. The number of ether oxygens (including phenoxy) is 1. The maximum Gasteiger partial charge on any atom is 0.325 e. The van der Waals surface area contributed by atoms with Crippen molar-refractivity contribution in [2.75, 3.05) is 36.5 Å². The molecule has 9 heteroatoms. The molecule has 3 fully saturated rings. The van der Waals surface area contributed by atoms with Crippen LogP contribution in [0.5, 0.6) is 0 Å². The van der Waals surface area contributed by atoms with Gasteiger partial charge >= 0.3 is 6.03 Å². The van der Waals surface area contributed by atoms with Gasteiger partial charge in [0.1, 0.15) is 17.4 Å². The fourth-order valence-corrected chi connectivity index (χ4v) is 4.32. The highest BCUT2D eigenvalue weighted by Crippen LogP contribution is 2.36. The predicted octanol–water partition coefficient (Wildman–Crippen LogP) is 1.85. The summed E-state index contributed by atoms with van der Waals surface area (Å²) in [4.78, 5) is 40.7. The molecule has 1 unspecified atom stereocenters. The number of hydrogen-bond donors (Lipinski definition) is 2. The van der Waals surface area contributed by atoms with E-state index in [0.717, 1.165) is 17.7 Å². The molecule has 4 rings (SSSR count). The van der Waals surface area contributed by atoms with Gasteiger partial charge in [0.05, 0.1) is 18.9 Å². The molecule has 1 spiro atoms. The van der Waals surface area contributed by atoms with Gasteiger partial charge in [-0.05, 0) is 38.0 Å². The van der Waals surface area contributed by atoms with E-state index < -0.39 is 29.3 Å². The van der Waals surface area contributed by atoms with Crippen LogP contribution in [0.4, 0.5) is 20.6 Å². The quantitative estimate of drug-likeness (QED) is 0.748. The van der Waals surface area contributed by atoms with Crippen molar-refractivity contribution in [3.8, 4) is 0 Å². The van der Waals surface area contributed by atoms with Crippen molar-refractivity contribution in [3.63, 3.8) is 0 Å². The Morgan fingerprint density at radius 1 is 1.24 bits per heavy atom. The van der Waals surface area contributed by atoms with Gasteiger partial charge in [0.15, 0.2) is 0 Å². The number of carbonyl (C=O) groups excluding carboxylic acids is 3. The number of morpholine rings is 1. The van der Waals surface area contributed by atoms with Crippen LogP contribution in [-0.4, -0.2) is 60.6 Å². The Morgan fingerprint density at radius 2 is 1.93 bits per heavy atom. The molecule has 1 aromatic rings. The number of urea groups is 1. The van der Waals surface area contributed by atoms with Gasteiger partial charge in [0, 0.05) is 18.8 Å². The standard InChI is InChI=1S/C20H25FN4O4/c1-13(25-18(27)20(23-19(25)28)6-2-3-7-20)17(26)22-14-4-5-16(15(21)12-14)24-8-10-29-11-9-24/h4-5,12-13H,2-3,6-11H2,1H3,(H,22,26)(H,23,28). The Hall–Kier alpha value is -2.68. The number of halogens is 1. The molecule has 3 aliphatic rings. The lowest BCUT2D eigenvalue weighted by Crippen LogP contribution is -2.48. The van der Waals surface area contributed by atoms with Gasteiger partial charge < -0.3 is 20.3 Å². The average Bonchev–Trinajstić information content (AvgIpc) is 3.27. The lowest BCUT2D eigenvalue weighted by Gasteiger charge is -2.29. The molecule has 2 heterocycles. The maximum atomic E-state index is 14.5. The van der Waals surface area contributed by atoms with Crippen molar-refractivity contribution < 1.29 is 23.5 Å². The molecule has 2 N–H and O–H groups in total. The third-order valence-corrected chi connectivity index (χ3v) is 5.98. The first-order valence-corrected chi connectivity index (χ1v) is 10.0. The number of amides is 4. The average molecular weight is 404 g/mol. The number of benzene rings is 1. The normalized spacial score (nSPS) is 22.1. The molecule has 2 aliphatic heterocycles. The van der Waals surface area contributed by atoms with E-state index >= 15 is 0 Å². The molecule has 1 atom stereocenters. The zero-order valence-electron chi connectivity index (χ0n) is 16.4. The lowest BCUT2D eigenvalue weighted by molar-refractivity contribution is -0.136. The minimum atomic E-state index is -0.996. The molecule has 2 saturated heterocycles. The largest absolute Gasteiger partial charge is 0.378 e. The lowest BCUT2D eigenvalue weighted by atomic mass is 9.97. The molecule has 8 nitrogen and oxygen atoms in total. The second-order valence-electron chi connectivity index (χ2n) is 7.83. The molecule has 29 heavy (non-hydrogen) atoms. The number of anilines is 2. The van der Waals surface area contributed by atoms with Gasteiger partial charge in [0.25, 0.3) is 5.91 Å². The van der Waals surface area contributed by atoms with E-state index in [2.05, 4.69) is 10.6 Å². The highest BCUT2D eigenvalue weighted by Gasteiger charge is 2.54. The summed E-state index contributed by atoms with van der Waals surface area (Å²) in [5.74, 6) is -1.34. The number of nitrogens with one attached hydrogen (secondary N) is 2.